The molecule has 0 saturated carbocycles. The van der Waals surface area contributed by atoms with Crippen molar-refractivity contribution in [3.8, 4) is 0 Å². The predicted molar refractivity (Wildman–Crippen MR) is 99.4 cm³/mol. The van der Waals surface area contributed by atoms with Gasteiger partial charge in [-0.2, -0.15) is 0 Å². The molecule has 2 rings (SSSR count). The van der Waals surface area contributed by atoms with Gasteiger partial charge in [-0.15, -0.1) is 0 Å². The first-order chi connectivity index (χ1) is 11.8. The maximum atomic E-state index is 12.8. The number of anilines is 1. The maximum absolute atomic E-state index is 12.8. The van der Waals surface area contributed by atoms with E-state index in [2.05, 4.69) is 21.2 Å². The first-order valence-corrected chi connectivity index (χ1v) is 10.1. The molecule has 8 heteroatoms. The summed E-state index contributed by atoms with van der Waals surface area (Å²) in [7, 11) is -3.60. The molecule has 0 spiro atoms. The summed E-state index contributed by atoms with van der Waals surface area (Å²) in [4.78, 5) is 12.1. The van der Waals surface area contributed by atoms with Crippen LogP contribution in [-0.2, 0) is 21.2 Å². The van der Waals surface area contributed by atoms with Crippen LogP contribution in [-0.4, -0.2) is 33.7 Å². The molecule has 134 valence electrons. The van der Waals surface area contributed by atoms with Crippen molar-refractivity contribution >= 4 is 37.5 Å². The molecule has 0 saturated heterocycles. The molecule has 1 amide bonds. The minimum absolute atomic E-state index is 0.307. The number of nitrogens with one attached hydrogen (secondary N) is 1. The highest BCUT2D eigenvalue weighted by Crippen LogP contribution is 2.21. The molecule has 1 N–H and O–H groups in total. The number of carbonyl (C=O) groups excluding carboxylic acids is 1. The molecular weight excluding hydrogens is 411 g/mol. The van der Waals surface area contributed by atoms with Crippen molar-refractivity contribution in [3.63, 3.8) is 0 Å². The van der Waals surface area contributed by atoms with Crippen LogP contribution < -0.4 is 9.62 Å². The van der Waals surface area contributed by atoms with Crippen molar-refractivity contribution < 1.29 is 17.6 Å². The lowest BCUT2D eigenvalue weighted by molar-refractivity contribution is -0.119. The molecule has 2 aromatic rings. The van der Waals surface area contributed by atoms with E-state index in [-0.39, 0.29) is 12.4 Å². The van der Waals surface area contributed by atoms with E-state index in [0.29, 0.717) is 18.7 Å². The van der Waals surface area contributed by atoms with E-state index in [1.165, 1.54) is 12.1 Å². The smallest absolute Gasteiger partial charge is 0.240 e. The second kappa shape index (κ2) is 8.44. The summed E-state index contributed by atoms with van der Waals surface area (Å²) in [5, 5.41) is 2.68. The molecule has 0 bridgehead atoms. The molecule has 0 heterocycles. The number of halogens is 2. The highest BCUT2D eigenvalue weighted by atomic mass is 79.9. The molecule has 2 aromatic carbocycles. The van der Waals surface area contributed by atoms with E-state index < -0.39 is 15.9 Å². The third-order valence-corrected chi connectivity index (χ3v) is 5.07. The van der Waals surface area contributed by atoms with Gasteiger partial charge < -0.3 is 5.32 Å². The Kier molecular flexibility index (Phi) is 6.55. The van der Waals surface area contributed by atoms with Crippen molar-refractivity contribution in [1.82, 2.24) is 5.32 Å². The summed E-state index contributed by atoms with van der Waals surface area (Å²) in [6.07, 6.45) is 1.58. The monoisotopic (exact) mass is 428 g/mol. The molecule has 25 heavy (non-hydrogen) atoms. The average molecular weight is 429 g/mol. The Labute approximate surface area is 155 Å². The largest absolute Gasteiger partial charge is 0.354 e. The van der Waals surface area contributed by atoms with Gasteiger partial charge in [-0.3, -0.25) is 9.10 Å². The summed E-state index contributed by atoms with van der Waals surface area (Å²) in [5.74, 6) is -0.724. The maximum Gasteiger partial charge on any atom is 0.240 e. The van der Waals surface area contributed by atoms with E-state index in [1.807, 2.05) is 0 Å². The summed E-state index contributed by atoms with van der Waals surface area (Å²) in [6, 6.07) is 12.7. The zero-order valence-electron chi connectivity index (χ0n) is 13.6. The van der Waals surface area contributed by atoms with Gasteiger partial charge in [0.1, 0.15) is 12.4 Å². The van der Waals surface area contributed by atoms with Crippen molar-refractivity contribution in [2.75, 3.05) is 23.7 Å². The molecule has 5 nitrogen and oxygen atoms in total. The van der Waals surface area contributed by atoms with Crippen molar-refractivity contribution in [1.29, 1.82) is 0 Å². The van der Waals surface area contributed by atoms with E-state index >= 15 is 0 Å². The van der Waals surface area contributed by atoms with Gasteiger partial charge >= 0.3 is 0 Å². The Balaban J connectivity index is 1.97. The molecule has 0 aliphatic heterocycles. The van der Waals surface area contributed by atoms with Gasteiger partial charge in [0.15, 0.2) is 0 Å². The summed E-state index contributed by atoms with van der Waals surface area (Å²) in [5.41, 5.74) is 1.29. The number of nitrogens with zero attached hydrogens (tertiary/aromatic N) is 1. The number of carbonyl (C=O) groups is 1. The average Bonchev–Trinajstić information content (AvgIpc) is 2.53. The number of benzene rings is 2. The molecule has 0 aliphatic rings. The normalized spacial score (nSPS) is 11.2. The second-order valence-electron chi connectivity index (χ2n) is 5.48. The van der Waals surface area contributed by atoms with Crippen LogP contribution >= 0.6 is 15.9 Å². The topological polar surface area (TPSA) is 66.5 Å². The minimum Gasteiger partial charge on any atom is -0.354 e. The molecule has 0 fully saturated rings. The van der Waals surface area contributed by atoms with E-state index in [0.717, 1.165) is 20.6 Å². The lowest BCUT2D eigenvalue weighted by atomic mass is 10.1. The standard InChI is InChI=1S/C17H18BrFN2O3S/c1-25(23,24)21(16-4-2-3-14(18)11-16)12-17(22)20-10-9-13-5-7-15(19)8-6-13/h2-8,11H,9-10,12H2,1H3,(H,20,22). The van der Waals surface area contributed by atoms with Crippen LogP contribution in [0.4, 0.5) is 10.1 Å². The van der Waals surface area contributed by atoms with Crippen molar-refractivity contribution in [2.45, 2.75) is 6.42 Å². The van der Waals surface area contributed by atoms with Crippen LogP contribution in [0.1, 0.15) is 5.56 Å². The van der Waals surface area contributed by atoms with Crippen molar-refractivity contribution in [2.24, 2.45) is 0 Å². The van der Waals surface area contributed by atoms with Gasteiger partial charge in [-0.25, -0.2) is 12.8 Å². The van der Waals surface area contributed by atoms with E-state index in [4.69, 9.17) is 0 Å². The number of amides is 1. The lowest BCUT2D eigenvalue weighted by Gasteiger charge is -2.22. The van der Waals surface area contributed by atoms with Crippen LogP contribution in [0, 0.1) is 5.82 Å². The summed E-state index contributed by atoms with van der Waals surface area (Å²) >= 11 is 3.29. The fourth-order valence-electron chi connectivity index (χ4n) is 2.21. The molecule has 0 atom stereocenters. The number of rotatable bonds is 7. The second-order valence-corrected chi connectivity index (χ2v) is 8.30. The highest BCUT2D eigenvalue weighted by Gasteiger charge is 2.20. The zero-order chi connectivity index (χ0) is 18.4. The van der Waals surface area contributed by atoms with Gasteiger partial charge in [0.25, 0.3) is 0 Å². The molecule has 0 unspecified atom stereocenters. The number of sulfonamides is 1. The first-order valence-electron chi connectivity index (χ1n) is 7.50. The fourth-order valence-corrected chi connectivity index (χ4v) is 3.45. The fraction of sp³-hybridized carbons (Fsp3) is 0.235. The number of hydrogen-bond acceptors (Lipinski definition) is 3. The van der Waals surface area contributed by atoms with Gasteiger partial charge in [-0.1, -0.05) is 34.1 Å². The Bertz CT molecular complexity index is 841. The van der Waals surface area contributed by atoms with Gasteiger partial charge in [0, 0.05) is 11.0 Å². The van der Waals surface area contributed by atoms with Gasteiger partial charge in [0.05, 0.1) is 11.9 Å². The molecule has 0 aromatic heterocycles. The molecule has 0 radical (unpaired) electrons. The Morgan fingerprint density at radius 1 is 1.20 bits per heavy atom. The Morgan fingerprint density at radius 2 is 1.88 bits per heavy atom. The molecule has 0 aliphatic carbocycles. The van der Waals surface area contributed by atoms with Gasteiger partial charge in [0.2, 0.25) is 15.9 Å². The van der Waals surface area contributed by atoms with E-state index in [9.17, 15) is 17.6 Å². The Morgan fingerprint density at radius 3 is 2.48 bits per heavy atom. The third-order valence-electron chi connectivity index (χ3n) is 3.43. The highest BCUT2D eigenvalue weighted by molar-refractivity contribution is 9.10. The van der Waals surface area contributed by atoms with Crippen LogP contribution in [0.2, 0.25) is 0 Å². The molecular formula is C17H18BrFN2O3S. The van der Waals surface area contributed by atoms with Crippen LogP contribution in [0.3, 0.4) is 0 Å². The quantitative estimate of drug-likeness (QED) is 0.736. The SMILES string of the molecule is CS(=O)(=O)N(CC(=O)NCCc1ccc(F)cc1)c1cccc(Br)c1. The van der Waals surface area contributed by atoms with Crippen molar-refractivity contribution in [3.05, 3.63) is 64.4 Å². The predicted octanol–water partition coefficient (Wildman–Crippen LogP) is 2.71. The minimum atomic E-state index is -3.60. The lowest BCUT2D eigenvalue weighted by Crippen LogP contribution is -2.40. The van der Waals surface area contributed by atoms with Crippen LogP contribution in [0.25, 0.3) is 0 Å². The summed E-state index contributed by atoms with van der Waals surface area (Å²) < 4.78 is 38.6. The number of hydrogen-bond donors (Lipinski definition) is 1. The van der Waals surface area contributed by atoms with Crippen LogP contribution in [0.15, 0.2) is 53.0 Å². The summed E-state index contributed by atoms with van der Waals surface area (Å²) in [6.45, 7) is 0.0270. The van der Waals surface area contributed by atoms with Gasteiger partial charge in [-0.05, 0) is 42.3 Å². The zero-order valence-corrected chi connectivity index (χ0v) is 16.0. The van der Waals surface area contributed by atoms with E-state index in [1.54, 1.807) is 36.4 Å². The first kappa shape index (κ1) is 19.4. The third kappa shape index (κ3) is 6.13. The van der Waals surface area contributed by atoms with Crippen LogP contribution in [0.5, 0.6) is 0 Å². The Hall–Kier alpha value is -1.93.